The van der Waals surface area contributed by atoms with Crippen molar-refractivity contribution in [1.82, 2.24) is 5.32 Å². The van der Waals surface area contributed by atoms with E-state index in [1.807, 2.05) is 30.3 Å². The van der Waals surface area contributed by atoms with Crippen LogP contribution in [0.1, 0.15) is 29.8 Å². The standard InChI is InChI=1S/C26H24Cl2N2O5/c1-16(2)23(30-26(33)34-15-17-7-4-3-5-8-17)25(32)35-22-12-11-19(28)14-21(22)24(31)29-20-10-6-9-18(27)13-20/h3-14,16,23H,15H2,1-2H3,(H,29,31)(H,30,33)/t23-/m0/s1. The number of ether oxygens (including phenoxy) is 2. The summed E-state index contributed by atoms with van der Waals surface area (Å²) in [6, 6.07) is 19.0. The summed E-state index contributed by atoms with van der Waals surface area (Å²) in [4.78, 5) is 38.1. The van der Waals surface area contributed by atoms with E-state index in [2.05, 4.69) is 10.6 Å². The molecule has 0 aliphatic rings. The van der Waals surface area contributed by atoms with Gasteiger partial charge in [0.15, 0.2) is 0 Å². The minimum absolute atomic E-state index is 0.0102. The van der Waals surface area contributed by atoms with Gasteiger partial charge in [0, 0.05) is 15.7 Å². The van der Waals surface area contributed by atoms with E-state index >= 15 is 0 Å². The first-order chi connectivity index (χ1) is 16.7. The van der Waals surface area contributed by atoms with E-state index in [4.69, 9.17) is 32.7 Å². The van der Waals surface area contributed by atoms with Crippen molar-refractivity contribution >= 4 is 46.9 Å². The lowest BCUT2D eigenvalue weighted by molar-refractivity contribution is -0.137. The number of esters is 1. The zero-order chi connectivity index (χ0) is 25.4. The second-order valence-electron chi connectivity index (χ2n) is 7.95. The SMILES string of the molecule is CC(C)[C@H](NC(=O)OCc1ccccc1)C(=O)Oc1ccc(Cl)cc1C(=O)Nc1cccc(Cl)c1. The molecule has 0 saturated carbocycles. The minimum Gasteiger partial charge on any atom is -0.445 e. The van der Waals surface area contributed by atoms with Crippen LogP contribution in [0.2, 0.25) is 10.0 Å². The lowest BCUT2D eigenvalue weighted by Gasteiger charge is -2.21. The van der Waals surface area contributed by atoms with Gasteiger partial charge in [0.2, 0.25) is 0 Å². The van der Waals surface area contributed by atoms with E-state index in [1.165, 1.54) is 18.2 Å². The number of benzene rings is 3. The Kier molecular flexibility index (Phi) is 9.11. The first-order valence-corrected chi connectivity index (χ1v) is 11.5. The molecule has 3 rings (SSSR count). The average molecular weight is 515 g/mol. The molecule has 1 atom stereocenters. The summed E-state index contributed by atoms with van der Waals surface area (Å²) in [6.07, 6.45) is -0.764. The molecule has 182 valence electrons. The zero-order valence-electron chi connectivity index (χ0n) is 19.1. The molecule has 3 aromatic rings. The highest BCUT2D eigenvalue weighted by molar-refractivity contribution is 6.31. The molecule has 0 aliphatic carbocycles. The summed E-state index contributed by atoms with van der Waals surface area (Å²) in [7, 11) is 0. The van der Waals surface area contributed by atoms with Crippen LogP contribution in [0.25, 0.3) is 0 Å². The molecule has 0 spiro atoms. The Morgan fingerprint density at radius 3 is 2.29 bits per heavy atom. The van der Waals surface area contributed by atoms with Crippen molar-refractivity contribution in [2.75, 3.05) is 5.32 Å². The van der Waals surface area contributed by atoms with E-state index in [-0.39, 0.29) is 28.9 Å². The molecule has 0 radical (unpaired) electrons. The predicted molar refractivity (Wildman–Crippen MR) is 135 cm³/mol. The topological polar surface area (TPSA) is 93.7 Å². The second kappa shape index (κ2) is 12.2. The number of amides is 2. The third-order valence-electron chi connectivity index (χ3n) is 4.89. The molecule has 0 unspecified atom stereocenters. The quantitative estimate of drug-likeness (QED) is 0.279. The van der Waals surface area contributed by atoms with Crippen LogP contribution >= 0.6 is 23.2 Å². The molecule has 0 heterocycles. The highest BCUT2D eigenvalue weighted by Crippen LogP contribution is 2.26. The van der Waals surface area contributed by atoms with Crippen LogP contribution in [0, 0.1) is 5.92 Å². The Hall–Kier alpha value is -3.55. The van der Waals surface area contributed by atoms with Gasteiger partial charge in [-0.25, -0.2) is 9.59 Å². The molecular formula is C26H24Cl2N2O5. The van der Waals surface area contributed by atoms with Crippen molar-refractivity contribution in [3.8, 4) is 5.75 Å². The normalized spacial score (nSPS) is 11.5. The van der Waals surface area contributed by atoms with E-state index in [0.717, 1.165) is 5.56 Å². The first kappa shape index (κ1) is 26.1. The van der Waals surface area contributed by atoms with Crippen LogP contribution in [0.4, 0.5) is 10.5 Å². The van der Waals surface area contributed by atoms with Crippen LogP contribution < -0.4 is 15.4 Å². The molecule has 2 N–H and O–H groups in total. The Labute approximate surface area is 213 Å². The van der Waals surface area contributed by atoms with Gasteiger partial charge in [0.25, 0.3) is 5.91 Å². The summed E-state index contributed by atoms with van der Waals surface area (Å²) >= 11 is 12.1. The van der Waals surface area contributed by atoms with Crippen molar-refractivity contribution in [3.05, 3.63) is 94.0 Å². The fourth-order valence-corrected chi connectivity index (χ4v) is 3.46. The molecule has 7 nitrogen and oxygen atoms in total. The third-order valence-corrected chi connectivity index (χ3v) is 5.36. The molecule has 3 aromatic carbocycles. The average Bonchev–Trinajstić information content (AvgIpc) is 2.82. The van der Waals surface area contributed by atoms with Gasteiger partial charge in [-0.3, -0.25) is 4.79 Å². The van der Waals surface area contributed by atoms with Crippen molar-refractivity contribution in [3.63, 3.8) is 0 Å². The fourth-order valence-electron chi connectivity index (χ4n) is 3.09. The number of carbonyl (C=O) groups is 3. The van der Waals surface area contributed by atoms with Gasteiger partial charge in [-0.1, -0.05) is 73.4 Å². The third kappa shape index (κ3) is 7.73. The maximum absolute atomic E-state index is 13.0. The van der Waals surface area contributed by atoms with Crippen molar-refractivity contribution in [1.29, 1.82) is 0 Å². The summed E-state index contributed by atoms with van der Waals surface area (Å²) in [5.74, 6) is -1.63. The van der Waals surface area contributed by atoms with Gasteiger partial charge >= 0.3 is 12.1 Å². The van der Waals surface area contributed by atoms with Gasteiger partial charge < -0.3 is 20.1 Å². The van der Waals surface area contributed by atoms with Gasteiger partial charge in [0.1, 0.15) is 18.4 Å². The number of anilines is 1. The second-order valence-corrected chi connectivity index (χ2v) is 8.83. The highest BCUT2D eigenvalue weighted by Gasteiger charge is 2.28. The number of hydrogen-bond acceptors (Lipinski definition) is 5. The van der Waals surface area contributed by atoms with Gasteiger partial charge in [-0.2, -0.15) is 0 Å². The van der Waals surface area contributed by atoms with Crippen molar-refractivity contribution in [2.45, 2.75) is 26.5 Å². The van der Waals surface area contributed by atoms with Crippen LogP contribution in [0.15, 0.2) is 72.8 Å². The molecule has 0 saturated heterocycles. The summed E-state index contributed by atoms with van der Waals surface area (Å²) < 4.78 is 10.7. The molecule has 0 bridgehead atoms. The molecule has 0 fully saturated rings. The predicted octanol–water partition coefficient (Wildman–Crippen LogP) is 6.10. The number of carbonyl (C=O) groups excluding carboxylic acids is 3. The summed E-state index contributed by atoms with van der Waals surface area (Å²) in [5, 5.41) is 5.96. The fraction of sp³-hybridized carbons (Fsp3) is 0.192. The Bertz CT molecular complexity index is 1200. The van der Waals surface area contributed by atoms with Gasteiger partial charge in [-0.05, 0) is 47.9 Å². The molecule has 9 heteroatoms. The Morgan fingerprint density at radius 1 is 0.886 bits per heavy atom. The Morgan fingerprint density at radius 2 is 1.60 bits per heavy atom. The largest absolute Gasteiger partial charge is 0.445 e. The zero-order valence-corrected chi connectivity index (χ0v) is 20.6. The number of nitrogens with one attached hydrogen (secondary N) is 2. The summed E-state index contributed by atoms with van der Waals surface area (Å²) in [6.45, 7) is 3.55. The maximum Gasteiger partial charge on any atom is 0.408 e. The van der Waals surface area contributed by atoms with Crippen LogP contribution in [-0.4, -0.2) is 24.0 Å². The molecule has 0 aliphatic heterocycles. The minimum atomic E-state index is -1.02. The number of hydrogen-bond donors (Lipinski definition) is 2. The smallest absolute Gasteiger partial charge is 0.408 e. The van der Waals surface area contributed by atoms with Crippen molar-refractivity contribution < 1.29 is 23.9 Å². The number of alkyl carbamates (subject to hydrolysis) is 1. The maximum atomic E-state index is 13.0. The first-order valence-electron chi connectivity index (χ1n) is 10.8. The van der Waals surface area contributed by atoms with Gasteiger partial charge in [-0.15, -0.1) is 0 Å². The van der Waals surface area contributed by atoms with E-state index in [1.54, 1.807) is 38.1 Å². The van der Waals surface area contributed by atoms with E-state index < -0.39 is 24.0 Å². The van der Waals surface area contributed by atoms with E-state index in [0.29, 0.717) is 10.7 Å². The number of rotatable bonds is 8. The Balaban J connectivity index is 1.70. The molecule has 35 heavy (non-hydrogen) atoms. The monoisotopic (exact) mass is 514 g/mol. The lowest BCUT2D eigenvalue weighted by atomic mass is 10.0. The molecule has 0 aromatic heterocycles. The van der Waals surface area contributed by atoms with Crippen molar-refractivity contribution in [2.24, 2.45) is 5.92 Å². The van der Waals surface area contributed by atoms with Crippen LogP contribution in [0.5, 0.6) is 5.75 Å². The van der Waals surface area contributed by atoms with Crippen LogP contribution in [-0.2, 0) is 16.1 Å². The molecular weight excluding hydrogens is 491 g/mol. The van der Waals surface area contributed by atoms with Gasteiger partial charge in [0.05, 0.1) is 5.56 Å². The lowest BCUT2D eigenvalue weighted by Crippen LogP contribution is -2.46. The van der Waals surface area contributed by atoms with Crippen LogP contribution in [0.3, 0.4) is 0 Å². The summed E-state index contributed by atoms with van der Waals surface area (Å²) in [5.41, 5.74) is 1.31. The highest BCUT2D eigenvalue weighted by atomic mass is 35.5. The molecule has 2 amide bonds. The number of halogens is 2. The van der Waals surface area contributed by atoms with E-state index in [9.17, 15) is 14.4 Å².